The van der Waals surface area contributed by atoms with Gasteiger partial charge in [0.1, 0.15) is 0 Å². The van der Waals surface area contributed by atoms with Crippen LogP contribution in [0.25, 0.3) is 0 Å². The maximum atomic E-state index is 8.28. The lowest BCUT2D eigenvalue weighted by atomic mass is 9.76. The zero-order valence-electron chi connectivity index (χ0n) is 10.8. The summed E-state index contributed by atoms with van der Waals surface area (Å²) in [6.45, 7) is 6.97. The molecular formula is C14H26N2. The zero-order chi connectivity index (χ0) is 11.5. The first-order valence-corrected chi connectivity index (χ1v) is 7.02. The standard InChI is InChI=1S/C14H26N2/c1-11(2)12-5-7-13(8-6-12)14(15)16-9-3-4-10-16/h11-13,15H,3-10H2,1-2H3. The smallest absolute Gasteiger partial charge is 0.0989 e. The average Bonchev–Trinajstić information content (AvgIpc) is 2.81. The maximum absolute atomic E-state index is 8.28. The van der Waals surface area contributed by atoms with Crippen molar-refractivity contribution in [1.29, 1.82) is 5.41 Å². The Morgan fingerprint density at radius 3 is 2.12 bits per heavy atom. The monoisotopic (exact) mass is 222 g/mol. The van der Waals surface area contributed by atoms with Crippen molar-refractivity contribution in [2.24, 2.45) is 17.8 Å². The number of likely N-dealkylation sites (tertiary alicyclic amines) is 1. The largest absolute Gasteiger partial charge is 0.360 e. The fourth-order valence-electron chi connectivity index (χ4n) is 3.28. The summed E-state index contributed by atoms with van der Waals surface area (Å²) in [5.74, 6) is 3.29. The van der Waals surface area contributed by atoms with Crippen molar-refractivity contribution in [3.63, 3.8) is 0 Å². The first-order valence-electron chi connectivity index (χ1n) is 7.02. The maximum Gasteiger partial charge on any atom is 0.0989 e. The Bertz CT molecular complexity index is 233. The highest BCUT2D eigenvalue weighted by Gasteiger charge is 2.28. The van der Waals surface area contributed by atoms with Crippen LogP contribution in [0.2, 0.25) is 0 Å². The second kappa shape index (κ2) is 5.20. The molecular weight excluding hydrogens is 196 g/mol. The normalized spacial score (nSPS) is 31.1. The van der Waals surface area contributed by atoms with Crippen LogP contribution < -0.4 is 0 Å². The predicted molar refractivity (Wildman–Crippen MR) is 68.8 cm³/mol. The van der Waals surface area contributed by atoms with Crippen molar-refractivity contribution >= 4 is 5.84 Å². The molecule has 1 saturated carbocycles. The number of hydrogen-bond donors (Lipinski definition) is 1. The Labute approximate surface area is 99.9 Å². The molecule has 0 unspecified atom stereocenters. The third kappa shape index (κ3) is 2.58. The molecule has 1 heterocycles. The van der Waals surface area contributed by atoms with Gasteiger partial charge in [-0.25, -0.2) is 0 Å². The van der Waals surface area contributed by atoms with Gasteiger partial charge < -0.3 is 4.90 Å². The number of nitrogens with one attached hydrogen (secondary N) is 1. The summed E-state index contributed by atoms with van der Waals surface area (Å²) in [4.78, 5) is 2.32. The Balaban J connectivity index is 1.81. The second-order valence-electron chi connectivity index (χ2n) is 5.94. The first kappa shape index (κ1) is 11.9. The van der Waals surface area contributed by atoms with Crippen molar-refractivity contribution in [2.75, 3.05) is 13.1 Å². The molecule has 2 aliphatic rings. The molecule has 0 bridgehead atoms. The molecule has 2 rings (SSSR count). The van der Waals surface area contributed by atoms with Crippen molar-refractivity contribution in [3.8, 4) is 0 Å². The quantitative estimate of drug-likeness (QED) is 0.561. The SMILES string of the molecule is CC(C)C1CCC(C(=N)N2CCCC2)CC1. The highest BCUT2D eigenvalue weighted by molar-refractivity contribution is 5.81. The van der Waals surface area contributed by atoms with Gasteiger partial charge in [-0.2, -0.15) is 0 Å². The van der Waals surface area contributed by atoms with Crippen LogP contribution in [0.1, 0.15) is 52.4 Å². The Morgan fingerprint density at radius 2 is 1.62 bits per heavy atom. The Morgan fingerprint density at radius 1 is 1.06 bits per heavy atom. The molecule has 2 nitrogen and oxygen atoms in total. The molecule has 1 aliphatic carbocycles. The number of amidine groups is 1. The topological polar surface area (TPSA) is 27.1 Å². The third-order valence-electron chi connectivity index (χ3n) is 4.55. The van der Waals surface area contributed by atoms with E-state index < -0.39 is 0 Å². The van der Waals surface area contributed by atoms with E-state index in [1.165, 1.54) is 38.5 Å². The molecule has 0 radical (unpaired) electrons. The van der Waals surface area contributed by atoms with Crippen LogP contribution in [0.15, 0.2) is 0 Å². The van der Waals surface area contributed by atoms with E-state index in [2.05, 4.69) is 18.7 Å². The minimum absolute atomic E-state index is 0.577. The molecule has 0 amide bonds. The van der Waals surface area contributed by atoms with Gasteiger partial charge in [0.2, 0.25) is 0 Å². The summed E-state index contributed by atoms with van der Waals surface area (Å²) in [5.41, 5.74) is 0. The highest BCUT2D eigenvalue weighted by atomic mass is 15.2. The van der Waals surface area contributed by atoms with Crippen molar-refractivity contribution in [1.82, 2.24) is 4.90 Å². The fraction of sp³-hybridized carbons (Fsp3) is 0.929. The average molecular weight is 222 g/mol. The molecule has 0 aromatic carbocycles. The van der Waals surface area contributed by atoms with E-state index in [4.69, 9.17) is 5.41 Å². The van der Waals surface area contributed by atoms with Crippen molar-refractivity contribution in [3.05, 3.63) is 0 Å². The van der Waals surface area contributed by atoms with E-state index in [9.17, 15) is 0 Å². The lowest BCUT2D eigenvalue weighted by molar-refractivity contribution is 0.246. The van der Waals surface area contributed by atoms with Crippen molar-refractivity contribution in [2.45, 2.75) is 52.4 Å². The van der Waals surface area contributed by atoms with E-state index in [0.29, 0.717) is 5.92 Å². The highest BCUT2D eigenvalue weighted by Crippen LogP contribution is 2.34. The van der Waals surface area contributed by atoms with Gasteiger partial charge in [0, 0.05) is 19.0 Å². The first-order chi connectivity index (χ1) is 7.68. The number of rotatable bonds is 2. The predicted octanol–water partition coefficient (Wildman–Crippen LogP) is 3.52. The molecule has 1 N–H and O–H groups in total. The van der Waals surface area contributed by atoms with Crippen LogP contribution in [0.3, 0.4) is 0 Å². The van der Waals surface area contributed by atoms with E-state index in [1.54, 1.807) is 0 Å². The minimum Gasteiger partial charge on any atom is -0.360 e. The number of hydrogen-bond acceptors (Lipinski definition) is 1. The van der Waals surface area contributed by atoms with E-state index in [-0.39, 0.29) is 0 Å². The minimum atomic E-state index is 0.577. The number of nitrogens with zero attached hydrogens (tertiary/aromatic N) is 1. The van der Waals surface area contributed by atoms with Crippen LogP contribution in [0, 0.1) is 23.2 Å². The van der Waals surface area contributed by atoms with Gasteiger partial charge in [-0.05, 0) is 50.4 Å². The summed E-state index contributed by atoms with van der Waals surface area (Å²) in [5, 5.41) is 8.28. The summed E-state index contributed by atoms with van der Waals surface area (Å²) in [6, 6.07) is 0. The van der Waals surface area contributed by atoms with E-state index in [0.717, 1.165) is 30.8 Å². The van der Waals surface area contributed by atoms with Gasteiger partial charge in [0.05, 0.1) is 5.84 Å². The second-order valence-corrected chi connectivity index (χ2v) is 5.94. The fourth-order valence-corrected chi connectivity index (χ4v) is 3.28. The molecule has 2 heteroatoms. The third-order valence-corrected chi connectivity index (χ3v) is 4.55. The van der Waals surface area contributed by atoms with Gasteiger partial charge >= 0.3 is 0 Å². The molecule has 16 heavy (non-hydrogen) atoms. The molecule has 0 atom stereocenters. The molecule has 1 aliphatic heterocycles. The van der Waals surface area contributed by atoms with Gasteiger partial charge in [0.25, 0.3) is 0 Å². The molecule has 1 saturated heterocycles. The van der Waals surface area contributed by atoms with Crippen LogP contribution in [-0.2, 0) is 0 Å². The van der Waals surface area contributed by atoms with Crippen LogP contribution >= 0.6 is 0 Å². The molecule has 0 aromatic rings. The molecule has 0 aromatic heterocycles. The summed E-state index contributed by atoms with van der Waals surface area (Å²) < 4.78 is 0. The molecule has 92 valence electrons. The molecule has 2 fully saturated rings. The Kier molecular flexibility index (Phi) is 3.88. The van der Waals surface area contributed by atoms with Gasteiger partial charge in [0.15, 0.2) is 0 Å². The molecule has 0 spiro atoms. The lowest BCUT2D eigenvalue weighted by Gasteiger charge is -2.34. The lowest BCUT2D eigenvalue weighted by Crippen LogP contribution is -2.35. The summed E-state index contributed by atoms with van der Waals surface area (Å²) >= 11 is 0. The van der Waals surface area contributed by atoms with Crippen molar-refractivity contribution < 1.29 is 0 Å². The van der Waals surface area contributed by atoms with Crippen LogP contribution in [-0.4, -0.2) is 23.8 Å². The van der Waals surface area contributed by atoms with Crippen LogP contribution in [0.5, 0.6) is 0 Å². The summed E-state index contributed by atoms with van der Waals surface area (Å²) in [6.07, 6.45) is 7.81. The van der Waals surface area contributed by atoms with E-state index in [1.807, 2.05) is 0 Å². The van der Waals surface area contributed by atoms with Crippen LogP contribution in [0.4, 0.5) is 0 Å². The zero-order valence-corrected chi connectivity index (χ0v) is 10.8. The van der Waals surface area contributed by atoms with E-state index >= 15 is 0 Å². The van der Waals surface area contributed by atoms with Gasteiger partial charge in [-0.1, -0.05) is 13.8 Å². The Hall–Kier alpha value is -0.530. The van der Waals surface area contributed by atoms with Gasteiger partial charge in [-0.3, -0.25) is 5.41 Å². The summed E-state index contributed by atoms with van der Waals surface area (Å²) in [7, 11) is 0. The van der Waals surface area contributed by atoms with Gasteiger partial charge in [-0.15, -0.1) is 0 Å².